The summed E-state index contributed by atoms with van der Waals surface area (Å²) in [4.78, 5) is 12.3. The van der Waals surface area contributed by atoms with E-state index in [9.17, 15) is 4.79 Å². The van der Waals surface area contributed by atoms with Gasteiger partial charge in [-0.1, -0.05) is 0 Å². The van der Waals surface area contributed by atoms with Crippen LogP contribution in [0.1, 0.15) is 25.8 Å². The first kappa shape index (κ1) is 12.8. The summed E-state index contributed by atoms with van der Waals surface area (Å²) in [7, 11) is 0. The van der Waals surface area contributed by atoms with Crippen LogP contribution in [-0.4, -0.2) is 28.5 Å². The summed E-state index contributed by atoms with van der Waals surface area (Å²) < 4.78 is 2.89. The average Bonchev–Trinajstić information content (AvgIpc) is 2.94. The second-order valence-electron chi connectivity index (χ2n) is 5.33. The van der Waals surface area contributed by atoms with Crippen LogP contribution in [0.3, 0.4) is 0 Å². The summed E-state index contributed by atoms with van der Waals surface area (Å²) in [5, 5.41) is 10.9. The molecule has 98 valence electrons. The normalized spacial score (nSPS) is 12.2. The molecule has 4 nitrogen and oxygen atoms in total. The van der Waals surface area contributed by atoms with E-state index in [-0.39, 0.29) is 25.7 Å². The number of benzene rings is 1. The summed E-state index contributed by atoms with van der Waals surface area (Å²) in [6.07, 6.45) is 0. The van der Waals surface area contributed by atoms with Crippen LogP contribution >= 0.6 is 11.3 Å². The third-order valence-electron chi connectivity index (χ3n) is 2.72. The van der Waals surface area contributed by atoms with Crippen LogP contribution in [0.5, 0.6) is 0 Å². The van der Waals surface area contributed by atoms with E-state index in [1.165, 1.54) is 11.3 Å². The van der Waals surface area contributed by atoms with Crippen LogP contribution in [0.15, 0.2) is 29.1 Å². The van der Waals surface area contributed by atoms with E-state index in [1.54, 1.807) is 3.56 Å². The van der Waals surface area contributed by atoms with Crippen molar-refractivity contribution in [3.8, 4) is 5.13 Å². The third kappa shape index (κ3) is 2.20. The molecule has 0 saturated carbocycles. The molecule has 0 bridgehead atoms. The monoisotopic (exact) mass is 339 g/mol. The van der Waals surface area contributed by atoms with Crippen molar-refractivity contribution in [2.45, 2.75) is 26.2 Å². The molecule has 2 aromatic heterocycles. The van der Waals surface area contributed by atoms with E-state index in [4.69, 9.17) is 0 Å². The summed E-state index contributed by atoms with van der Waals surface area (Å²) in [5.74, 6) is 0. The topological polar surface area (TPSA) is 47.8 Å². The van der Waals surface area contributed by atoms with E-state index >= 15 is 0 Å². The first-order valence-corrected chi connectivity index (χ1v) is 8.36. The third-order valence-corrected chi connectivity index (χ3v) is 6.57. The summed E-state index contributed by atoms with van der Waals surface area (Å²) in [6.45, 7) is 6.30. The Morgan fingerprint density at radius 2 is 1.95 bits per heavy atom. The molecular formula is C13H13N3OSSe. The Balaban J connectivity index is 2.17. The molecule has 0 aliphatic carbocycles. The van der Waals surface area contributed by atoms with Crippen molar-refractivity contribution in [1.29, 1.82) is 0 Å². The minimum absolute atomic E-state index is 0.0254. The molecule has 0 N–H and O–H groups in total. The van der Waals surface area contributed by atoms with E-state index < -0.39 is 0 Å². The van der Waals surface area contributed by atoms with Gasteiger partial charge >= 0.3 is 120 Å². The van der Waals surface area contributed by atoms with Crippen LogP contribution in [0.4, 0.5) is 0 Å². The number of fused-ring (bicyclic) bond motifs is 1. The van der Waals surface area contributed by atoms with Crippen LogP contribution in [0.25, 0.3) is 14.8 Å². The predicted octanol–water partition coefficient (Wildman–Crippen LogP) is 2.20. The molecule has 0 saturated heterocycles. The Kier molecular flexibility index (Phi) is 2.96. The van der Waals surface area contributed by atoms with E-state index in [0.717, 1.165) is 14.7 Å². The second-order valence-corrected chi connectivity index (χ2v) is 8.35. The Bertz CT molecular complexity index is 794. The van der Waals surface area contributed by atoms with Gasteiger partial charge in [-0.15, -0.1) is 0 Å². The van der Waals surface area contributed by atoms with Gasteiger partial charge in [0.2, 0.25) is 0 Å². The molecule has 0 fully saturated rings. The Labute approximate surface area is 120 Å². The Morgan fingerprint density at radius 1 is 1.21 bits per heavy atom. The molecule has 0 radical (unpaired) electrons. The molecule has 0 amide bonds. The van der Waals surface area contributed by atoms with Crippen molar-refractivity contribution in [2.75, 3.05) is 0 Å². The van der Waals surface area contributed by atoms with Gasteiger partial charge in [-0.05, 0) is 0 Å². The summed E-state index contributed by atoms with van der Waals surface area (Å²) in [5.41, 5.74) is 0.0191. The first-order chi connectivity index (χ1) is 8.97. The standard InChI is InChI=1S/C13H13N3OSSe/c1-13(2,3)11-14-15-12(18-11)16-10(17)8-6-4-5-7-9(8)19-16/h4-7H,1-3H3. The van der Waals surface area contributed by atoms with E-state index in [1.807, 2.05) is 24.3 Å². The van der Waals surface area contributed by atoms with Crippen molar-refractivity contribution in [3.63, 3.8) is 0 Å². The second kappa shape index (κ2) is 4.40. The van der Waals surface area contributed by atoms with Gasteiger partial charge in [0.25, 0.3) is 0 Å². The van der Waals surface area contributed by atoms with E-state index in [0.29, 0.717) is 5.13 Å². The molecule has 2 heterocycles. The fourth-order valence-corrected chi connectivity index (χ4v) is 4.79. The molecule has 0 aliphatic heterocycles. The Hall–Kier alpha value is -1.23. The van der Waals surface area contributed by atoms with Crippen molar-refractivity contribution < 1.29 is 0 Å². The van der Waals surface area contributed by atoms with Crippen LogP contribution in [0, 0.1) is 0 Å². The minimum atomic E-state index is -0.0292. The van der Waals surface area contributed by atoms with Gasteiger partial charge in [-0.2, -0.15) is 0 Å². The van der Waals surface area contributed by atoms with Crippen LogP contribution in [-0.2, 0) is 5.41 Å². The van der Waals surface area contributed by atoms with E-state index in [2.05, 4.69) is 31.0 Å². The molecule has 1 aromatic carbocycles. The number of nitrogens with zero attached hydrogens (tertiary/aromatic N) is 3. The maximum absolute atomic E-state index is 12.3. The molecule has 3 rings (SSSR count). The zero-order valence-electron chi connectivity index (χ0n) is 10.9. The van der Waals surface area contributed by atoms with Gasteiger partial charge in [0.05, 0.1) is 0 Å². The Morgan fingerprint density at radius 3 is 2.58 bits per heavy atom. The summed E-state index contributed by atoms with van der Waals surface area (Å²) in [6, 6.07) is 7.76. The molecule has 19 heavy (non-hydrogen) atoms. The summed E-state index contributed by atoms with van der Waals surface area (Å²) >= 11 is 1.48. The van der Waals surface area contributed by atoms with Gasteiger partial charge in [0, 0.05) is 0 Å². The van der Waals surface area contributed by atoms with Crippen molar-refractivity contribution in [3.05, 3.63) is 39.6 Å². The number of aromatic nitrogens is 3. The average molecular weight is 338 g/mol. The quantitative estimate of drug-likeness (QED) is 0.639. The molecule has 0 spiro atoms. The van der Waals surface area contributed by atoms with Crippen LogP contribution in [0.2, 0.25) is 0 Å². The van der Waals surface area contributed by atoms with Gasteiger partial charge in [0.15, 0.2) is 0 Å². The molecule has 3 aromatic rings. The van der Waals surface area contributed by atoms with Crippen LogP contribution < -0.4 is 5.56 Å². The molecule has 6 heteroatoms. The van der Waals surface area contributed by atoms with Gasteiger partial charge < -0.3 is 0 Å². The number of rotatable bonds is 1. The maximum atomic E-state index is 12.3. The zero-order valence-corrected chi connectivity index (χ0v) is 13.4. The SMILES string of the molecule is CC(C)(C)c1nnc(-n2[se]c3ccccc3c2=O)s1. The molecular weight excluding hydrogens is 325 g/mol. The zero-order chi connectivity index (χ0) is 13.6. The van der Waals surface area contributed by atoms with Gasteiger partial charge in [0.1, 0.15) is 0 Å². The fourth-order valence-electron chi connectivity index (χ4n) is 1.70. The first-order valence-electron chi connectivity index (χ1n) is 5.92. The molecule has 0 atom stereocenters. The molecule has 0 unspecified atom stereocenters. The van der Waals surface area contributed by atoms with Crippen molar-refractivity contribution >= 4 is 35.7 Å². The van der Waals surface area contributed by atoms with Gasteiger partial charge in [-0.25, -0.2) is 0 Å². The van der Waals surface area contributed by atoms with Gasteiger partial charge in [-0.3, -0.25) is 0 Å². The number of hydrogen-bond donors (Lipinski definition) is 0. The predicted molar refractivity (Wildman–Crippen MR) is 78.7 cm³/mol. The molecule has 0 aliphatic rings. The fraction of sp³-hybridized carbons (Fsp3) is 0.308. The van der Waals surface area contributed by atoms with Crippen molar-refractivity contribution in [2.24, 2.45) is 0 Å². The number of hydrogen-bond acceptors (Lipinski definition) is 4. The van der Waals surface area contributed by atoms with Crippen molar-refractivity contribution in [1.82, 2.24) is 13.8 Å².